The molecule has 41 heavy (non-hydrogen) atoms. The van der Waals surface area contributed by atoms with Gasteiger partial charge in [-0.25, -0.2) is 9.79 Å². The smallest absolute Gasteiger partial charge is 0.338 e. The molecule has 3 aromatic carbocycles. The van der Waals surface area contributed by atoms with Crippen LogP contribution in [0.2, 0.25) is 5.02 Å². The first-order valence-electron chi connectivity index (χ1n) is 12.6. The molecule has 2 heterocycles. The van der Waals surface area contributed by atoms with Gasteiger partial charge in [0, 0.05) is 10.6 Å². The Morgan fingerprint density at radius 1 is 1.00 bits per heavy atom. The molecule has 0 aliphatic carbocycles. The predicted molar refractivity (Wildman–Crippen MR) is 158 cm³/mol. The van der Waals surface area contributed by atoms with Crippen LogP contribution in [0.1, 0.15) is 29.7 Å². The Kier molecular flexibility index (Phi) is 8.28. The Morgan fingerprint density at radius 2 is 1.71 bits per heavy atom. The summed E-state index contributed by atoms with van der Waals surface area (Å²) in [6.45, 7) is 2.13. The standard InChI is InChI=1S/C31H27ClN2O6S/c1-18-27(30(36)39-4)28(24-16-21(32)9-14-25(24)38-3)34-29(35)26(41-31(34)33-18)15-19-5-12-23(13-6-19)40-17-20-7-10-22(37-2)11-8-20/h5-16,28H,17H2,1-4H3/b26-15-/t28-/m1/s1. The lowest BCUT2D eigenvalue weighted by molar-refractivity contribution is -0.136. The molecule has 0 bridgehead atoms. The number of aromatic nitrogens is 1. The molecule has 0 radical (unpaired) electrons. The van der Waals surface area contributed by atoms with Crippen LogP contribution >= 0.6 is 22.9 Å². The van der Waals surface area contributed by atoms with E-state index in [0.717, 1.165) is 16.9 Å². The lowest BCUT2D eigenvalue weighted by Crippen LogP contribution is -2.40. The Bertz CT molecular complexity index is 1810. The van der Waals surface area contributed by atoms with Crippen molar-refractivity contribution in [2.75, 3.05) is 21.3 Å². The zero-order valence-corrected chi connectivity index (χ0v) is 24.4. The van der Waals surface area contributed by atoms with Crippen molar-refractivity contribution < 1.29 is 23.7 Å². The number of benzene rings is 3. The molecule has 0 saturated heterocycles. The van der Waals surface area contributed by atoms with Gasteiger partial charge >= 0.3 is 5.97 Å². The lowest BCUT2D eigenvalue weighted by Gasteiger charge is -2.25. The molecule has 1 aliphatic heterocycles. The van der Waals surface area contributed by atoms with Crippen LogP contribution in [0.4, 0.5) is 0 Å². The molecule has 0 saturated carbocycles. The molecule has 8 nitrogen and oxygen atoms in total. The van der Waals surface area contributed by atoms with Crippen molar-refractivity contribution in [1.29, 1.82) is 0 Å². The number of nitrogens with zero attached hydrogens (tertiary/aromatic N) is 2. The number of carbonyl (C=O) groups excluding carboxylic acids is 1. The number of hydrogen-bond acceptors (Lipinski definition) is 8. The Labute approximate surface area is 245 Å². The number of rotatable bonds is 8. The minimum atomic E-state index is -0.830. The van der Waals surface area contributed by atoms with Crippen LogP contribution in [0.3, 0.4) is 0 Å². The zero-order valence-electron chi connectivity index (χ0n) is 22.8. The highest BCUT2D eigenvalue weighted by molar-refractivity contribution is 7.07. The van der Waals surface area contributed by atoms with E-state index in [4.69, 9.17) is 30.5 Å². The van der Waals surface area contributed by atoms with E-state index >= 15 is 0 Å². The van der Waals surface area contributed by atoms with Crippen molar-refractivity contribution in [3.8, 4) is 17.2 Å². The second-order valence-corrected chi connectivity index (χ2v) is 10.6. The van der Waals surface area contributed by atoms with E-state index in [-0.39, 0.29) is 11.1 Å². The second kappa shape index (κ2) is 12.0. The van der Waals surface area contributed by atoms with Gasteiger partial charge in [-0.3, -0.25) is 9.36 Å². The van der Waals surface area contributed by atoms with E-state index in [1.54, 1.807) is 38.3 Å². The molecule has 10 heteroatoms. The largest absolute Gasteiger partial charge is 0.497 e. The van der Waals surface area contributed by atoms with E-state index in [2.05, 4.69) is 4.99 Å². The van der Waals surface area contributed by atoms with E-state index in [1.807, 2.05) is 48.5 Å². The fourth-order valence-electron chi connectivity index (χ4n) is 4.61. The van der Waals surface area contributed by atoms with Gasteiger partial charge in [0.05, 0.1) is 37.1 Å². The molecule has 1 atom stereocenters. The Morgan fingerprint density at radius 3 is 2.37 bits per heavy atom. The van der Waals surface area contributed by atoms with Crippen LogP contribution in [0.5, 0.6) is 17.2 Å². The summed E-state index contributed by atoms with van der Waals surface area (Å²) in [5.74, 6) is 1.39. The molecular weight excluding hydrogens is 564 g/mol. The number of halogens is 1. The van der Waals surface area contributed by atoms with Crippen LogP contribution in [-0.2, 0) is 16.1 Å². The third-order valence-electron chi connectivity index (χ3n) is 6.66. The van der Waals surface area contributed by atoms with Gasteiger partial charge in [0.25, 0.3) is 5.56 Å². The fraction of sp³-hybridized carbons (Fsp3) is 0.194. The first kappa shape index (κ1) is 28.2. The van der Waals surface area contributed by atoms with E-state index in [9.17, 15) is 9.59 Å². The van der Waals surface area contributed by atoms with Gasteiger partial charge < -0.3 is 18.9 Å². The van der Waals surface area contributed by atoms with Gasteiger partial charge in [0.1, 0.15) is 29.9 Å². The van der Waals surface area contributed by atoms with Crippen molar-refractivity contribution in [3.63, 3.8) is 0 Å². The molecule has 0 fully saturated rings. The van der Waals surface area contributed by atoms with Crippen LogP contribution < -0.4 is 29.1 Å². The van der Waals surface area contributed by atoms with E-state index < -0.39 is 12.0 Å². The summed E-state index contributed by atoms with van der Waals surface area (Å²) in [6.07, 6.45) is 1.79. The quantitative estimate of drug-likeness (QED) is 0.278. The van der Waals surface area contributed by atoms with E-state index in [1.165, 1.54) is 30.1 Å². The maximum absolute atomic E-state index is 13.8. The van der Waals surface area contributed by atoms with Crippen molar-refractivity contribution in [1.82, 2.24) is 4.57 Å². The summed E-state index contributed by atoms with van der Waals surface area (Å²) in [5.41, 5.74) is 2.78. The number of fused-ring (bicyclic) bond motifs is 1. The average molecular weight is 591 g/mol. The third-order valence-corrected chi connectivity index (χ3v) is 7.87. The minimum Gasteiger partial charge on any atom is -0.497 e. The topological polar surface area (TPSA) is 88.4 Å². The molecule has 0 amide bonds. The summed E-state index contributed by atoms with van der Waals surface area (Å²) >= 11 is 7.57. The highest BCUT2D eigenvalue weighted by Gasteiger charge is 2.35. The summed E-state index contributed by atoms with van der Waals surface area (Å²) in [5, 5.41) is 0.441. The normalized spacial score (nSPS) is 14.8. The highest BCUT2D eigenvalue weighted by atomic mass is 35.5. The summed E-state index contributed by atoms with van der Waals surface area (Å²) in [4.78, 5) is 31.8. The van der Waals surface area contributed by atoms with Crippen molar-refractivity contribution in [2.24, 2.45) is 4.99 Å². The van der Waals surface area contributed by atoms with Crippen molar-refractivity contribution in [3.05, 3.63) is 119 Å². The third kappa shape index (κ3) is 5.77. The lowest BCUT2D eigenvalue weighted by atomic mass is 9.95. The van der Waals surface area contributed by atoms with Crippen LogP contribution in [-0.4, -0.2) is 31.9 Å². The predicted octanol–water partition coefficient (Wildman–Crippen LogP) is 4.66. The van der Waals surface area contributed by atoms with Crippen molar-refractivity contribution >= 4 is 35.0 Å². The maximum Gasteiger partial charge on any atom is 0.338 e. The number of hydrogen-bond donors (Lipinski definition) is 0. The molecule has 0 unspecified atom stereocenters. The van der Waals surface area contributed by atoms with Crippen LogP contribution in [0.15, 0.2) is 87.8 Å². The van der Waals surface area contributed by atoms with Gasteiger partial charge in [0.15, 0.2) is 4.80 Å². The summed E-state index contributed by atoms with van der Waals surface area (Å²) < 4.78 is 23.7. The average Bonchev–Trinajstić information content (AvgIpc) is 3.29. The number of ether oxygens (including phenoxy) is 4. The molecule has 0 spiro atoms. The minimum absolute atomic E-state index is 0.241. The Hall–Kier alpha value is -4.34. The fourth-order valence-corrected chi connectivity index (χ4v) is 5.83. The molecule has 1 aliphatic rings. The van der Waals surface area contributed by atoms with Crippen molar-refractivity contribution in [2.45, 2.75) is 19.6 Å². The molecule has 210 valence electrons. The first-order chi connectivity index (χ1) is 19.8. The SMILES string of the molecule is COC(=O)C1=C(C)N=c2s/c(=C\c3ccc(OCc4ccc(OC)cc4)cc3)c(=O)n2[C@@H]1c1cc(Cl)ccc1OC. The van der Waals surface area contributed by atoms with Gasteiger partial charge in [-0.05, 0) is 66.6 Å². The molecule has 0 N–H and O–H groups in total. The number of methoxy groups -OCH3 is 3. The van der Waals surface area contributed by atoms with Gasteiger partial charge in [-0.15, -0.1) is 0 Å². The second-order valence-electron chi connectivity index (χ2n) is 9.17. The van der Waals surface area contributed by atoms with E-state index in [0.29, 0.717) is 43.7 Å². The maximum atomic E-state index is 13.8. The summed E-state index contributed by atoms with van der Waals surface area (Å²) in [7, 11) is 4.45. The molecule has 1 aromatic heterocycles. The van der Waals surface area contributed by atoms with Crippen LogP contribution in [0.25, 0.3) is 6.08 Å². The Balaban J connectivity index is 1.50. The number of esters is 1. The number of allylic oxidation sites excluding steroid dienone is 1. The molecule has 5 rings (SSSR count). The molecular formula is C31H27ClN2O6S. The monoisotopic (exact) mass is 590 g/mol. The van der Waals surface area contributed by atoms with Gasteiger partial charge in [-0.1, -0.05) is 47.2 Å². The number of thiazole rings is 1. The molecule has 4 aromatic rings. The zero-order chi connectivity index (χ0) is 29.1. The first-order valence-corrected chi connectivity index (χ1v) is 13.8. The van der Waals surface area contributed by atoms with Crippen LogP contribution in [0, 0.1) is 0 Å². The van der Waals surface area contributed by atoms with Gasteiger partial charge in [-0.2, -0.15) is 0 Å². The summed E-state index contributed by atoms with van der Waals surface area (Å²) in [6, 6.07) is 19.4. The van der Waals surface area contributed by atoms with Gasteiger partial charge in [0.2, 0.25) is 0 Å². The number of carbonyl (C=O) groups is 1. The highest BCUT2D eigenvalue weighted by Crippen LogP contribution is 2.37.